The molecule has 0 saturated carbocycles. The molecule has 11 nitrogen and oxygen atoms in total. The Morgan fingerprint density at radius 2 is 0.640 bits per heavy atom. The molecule has 0 heterocycles. The van der Waals surface area contributed by atoms with Crippen molar-refractivity contribution in [2.75, 3.05) is 112 Å². The lowest BCUT2D eigenvalue weighted by molar-refractivity contribution is -0.0231. The van der Waals surface area contributed by atoms with E-state index in [0.29, 0.717) is 106 Å². The van der Waals surface area contributed by atoms with Crippen molar-refractivity contribution in [1.82, 2.24) is 5.32 Å². The summed E-state index contributed by atoms with van der Waals surface area (Å²) in [5.74, 6) is 0. The molecule has 0 spiro atoms. The quantitative estimate of drug-likeness (QED) is 0.0626. The number of hydrogen-bond acceptors (Lipinski definition) is 10. The topological polar surface area (TPSA) is 112 Å². The molecule has 0 saturated heterocycles. The molecule has 0 bridgehead atoms. The van der Waals surface area contributed by atoms with Crippen LogP contribution in [0.1, 0.15) is 130 Å². The van der Waals surface area contributed by atoms with Crippen molar-refractivity contribution >= 4 is 6.09 Å². The molecule has 1 N–H and O–H groups in total. The fourth-order valence-corrected chi connectivity index (χ4v) is 4.93. The van der Waals surface area contributed by atoms with E-state index in [1.165, 1.54) is 96.3 Å². The van der Waals surface area contributed by atoms with Gasteiger partial charge in [-0.05, 0) is 27.2 Å². The molecular formula is C39H79NO10. The lowest BCUT2D eigenvalue weighted by atomic mass is 10.0. The zero-order valence-corrected chi connectivity index (χ0v) is 32.9. The van der Waals surface area contributed by atoms with Gasteiger partial charge >= 0.3 is 6.09 Å². The Kier molecular flexibility index (Phi) is 39.9. The molecule has 0 atom stereocenters. The summed E-state index contributed by atoms with van der Waals surface area (Å²) in [5.41, 5.74) is -0.505. The maximum atomic E-state index is 11.5. The molecule has 1 amide bonds. The van der Waals surface area contributed by atoms with Crippen LogP contribution in [0, 0.1) is 0 Å². The molecule has 0 aromatic heterocycles. The maximum Gasteiger partial charge on any atom is 0.407 e. The Morgan fingerprint density at radius 1 is 0.380 bits per heavy atom. The van der Waals surface area contributed by atoms with Crippen LogP contribution in [0.3, 0.4) is 0 Å². The smallest absolute Gasteiger partial charge is 0.407 e. The largest absolute Gasteiger partial charge is 0.444 e. The van der Waals surface area contributed by atoms with Gasteiger partial charge < -0.3 is 47.9 Å². The third-order valence-corrected chi connectivity index (χ3v) is 7.66. The molecule has 0 aromatic carbocycles. The Labute approximate surface area is 306 Å². The number of unbranched alkanes of at least 4 members (excludes halogenated alkanes) is 15. The molecule has 0 aliphatic heterocycles. The van der Waals surface area contributed by atoms with Gasteiger partial charge in [0.2, 0.25) is 0 Å². The van der Waals surface area contributed by atoms with Crippen molar-refractivity contribution in [1.29, 1.82) is 0 Å². The minimum Gasteiger partial charge on any atom is -0.444 e. The highest BCUT2D eigenvalue weighted by molar-refractivity contribution is 5.67. The second-order valence-corrected chi connectivity index (χ2v) is 13.6. The number of nitrogens with one attached hydrogen (secondary N) is 1. The van der Waals surface area contributed by atoms with Crippen LogP contribution in [0.5, 0.6) is 0 Å². The van der Waals surface area contributed by atoms with E-state index < -0.39 is 11.7 Å². The van der Waals surface area contributed by atoms with Crippen molar-refractivity contribution in [2.45, 2.75) is 136 Å². The van der Waals surface area contributed by atoms with E-state index >= 15 is 0 Å². The minimum absolute atomic E-state index is 0.391. The van der Waals surface area contributed by atoms with Crippen LogP contribution in [-0.2, 0) is 42.6 Å². The van der Waals surface area contributed by atoms with Gasteiger partial charge in [-0.25, -0.2) is 4.79 Å². The predicted octanol–water partition coefficient (Wildman–Crippen LogP) is 7.91. The van der Waals surface area contributed by atoms with E-state index in [0.717, 1.165) is 13.0 Å². The number of rotatable bonds is 41. The number of carbonyl (C=O) groups is 1. The van der Waals surface area contributed by atoms with Gasteiger partial charge in [-0.15, -0.1) is 0 Å². The molecule has 0 aliphatic rings. The SMILES string of the molecule is CCCCCCCCCCCCCCCCCCOCCOCCOCCOCCOCCOCCOCCOCCNC(=O)OC(C)(C)C. The van der Waals surface area contributed by atoms with Gasteiger partial charge in [-0.1, -0.05) is 103 Å². The van der Waals surface area contributed by atoms with Crippen molar-refractivity contribution in [2.24, 2.45) is 0 Å². The standard InChI is InChI=1S/C39H79NO10/c1-5-6-7-8-9-10-11-12-13-14-15-16-17-18-19-20-22-42-24-26-44-28-30-46-32-34-48-36-37-49-35-33-47-31-29-45-27-25-43-23-21-40-38(41)50-39(2,3)4/h5-37H2,1-4H3,(H,40,41). The van der Waals surface area contributed by atoms with Crippen LogP contribution in [-0.4, -0.2) is 124 Å². The Bertz CT molecular complexity index is 665. The summed E-state index contributed by atoms with van der Waals surface area (Å²) in [6, 6.07) is 0. The zero-order chi connectivity index (χ0) is 36.5. The molecule has 0 radical (unpaired) electrons. The van der Waals surface area contributed by atoms with Gasteiger partial charge in [0.1, 0.15) is 5.60 Å². The van der Waals surface area contributed by atoms with Gasteiger partial charge in [0.25, 0.3) is 0 Å². The first-order chi connectivity index (χ1) is 24.5. The van der Waals surface area contributed by atoms with Crippen LogP contribution >= 0.6 is 0 Å². The van der Waals surface area contributed by atoms with E-state index in [9.17, 15) is 4.79 Å². The summed E-state index contributed by atoms with van der Waals surface area (Å²) in [4.78, 5) is 11.5. The van der Waals surface area contributed by atoms with Gasteiger partial charge in [0, 0.05) is 13.2 Å². The van der Waals surface area contributed by atoms with Crippen molar-refractivity contribution in [3.05, 3.63) is 0 Å². The van der Waals surface area contributed by atoms with Gasteiger partial charge in [0.05, 0.1) is 99.1 Å². The molecule has 300 valence electrons. The second-order valence-electron chi connectivity index (χ2n) is 13.6. The molecule has 11 heteroatoms. The lowest BCUT2D eigenvalue weighted by Crippen LogP contribution is -2.34. The van der Waals surface area contributed by atoms with E-state index in [1.54, 1.807) is 0 Å². The number of ether oxygens (including phenoxy) is 9. The summed E-state index contributed by atoms with van der Waals surface area (Å²) >= 11 is 0. The fraction of sp³-hybridized carbons (Fsp3) is 0.974. The fourth-order valence-electron chi connectivity index (χ4n) is 4.93. The third-order valence-electron chi connectivity index (χ3n) is 7.66. The van der Waals surface area contributed by atoms with E-state index in [2.05, 4.69) is 12.2 Å². The number of amides is 1. The number of alkyl carbamates (subject to hydrolysis) is 1. The van der Waals surface area contributed by atoms with E-state index in [4.69, 9.17) is 42.6 Å². The average molecular weight is 722 g/mol. The van der Waals surface area contributed by atoms with Crippen LogP contribution in [0.4, 0.5) is 4.79 Å². The van der Waals surface area contributed by atoms with E-state index in [-0.39, 0.29) is 0 Å². The summed E-state index contributed by atoms with van der Waals surface area (Å²) in [7, 11) is 0. The van der Waals surface area contributed by atoms with E-state index in [1.807, 2.05) is 20.8 Å². The maximum absolute atomic E-state index is 11.5. The molecule has 0 aliphatic carbocycles. The summed E-state index contributed by atoms with van der Waals surface area (Å²) in [5, 5.41) is 2.64. The highest BCUT2D eigenvalue weighted by atomic mass is 16.6. The normalized spacial score (nSPS) is 11.8. The number of hydrogen-bond donors (Lipinski definition) is 1. The first-order valence-corrected chi connectivity index (χ1v) is 20.0. The van der Waals surface area contributed by atoms with Gasteiger partial charge in [-0.2, -0.15) is 0 Å². The molecule has 0 unspecified atom stereocenters. The highest BCUT2D eigenvalue weighted by Crippen LogP contribution is 2.13. The molecule has 0 rings (SSSR count). The first-order valence-electron chi connectivity index (χ1n) is 20.0. The van der Waals surface area contributed by atoms with Crippen LogP contribution < -0.4 is 5.32 Å². The van der Waals surface area contributed by atoms with Crippen LogP contribution in [0.2, 0.25) is 0 Å². The third kappa shape index (κ3) is 45.0. The van der Waals surface area contributed by atoms with Crippen molar-refractivity contribution < 1.29 is 47.4 Å². The monoisotopic (exact) mass is 722 g/mol. The Balaban J connectivity index is 3.09. The van der Waals surface area contributed by atoms with Crippen LogP contribution in [0.15, 0.2) is 0 Å². The summed E-state index contributed by atoms with van der Waals surface area (Å²) in [6.45, 7) is 16.8. The second kappa shape index (κ2) is 40.7. The zero-order valence-electron chi connectivity index (χ0n) is 32.9. The van der Waals surface area contributed by atoms with Crippen molar-refractivity contribution in [3.8, 4) is 0 Å². The first kappa shape index (κ1) is 49.0. The lowest BCUT2D eigenvalue weighted by Gasteiger charge is -2.19. The van der Waals surface area contributed by atoms with Crippen LogP contribution in [0.25, 0.3) is 0 Å². The highest BCUT2D eigenvalue weighted by Gasteiger charge is 2.15. The number of carbonyl (C=O) groups excluding carboxylic acids is 1. The summed E-state index contributed by atoms with van der Waals surface area (Å²) in [6.07, 6.45) is 21.7. The predicted molar refractivity (Wildman–Crippen MR) is 200 cm³/mol. The van der Waals surface area contributed by atoms with Gasteiger partial charge in [-0.3, -0.25) is 0 Å². The Morgan fingerprint density at radius 3 is 0.940 bits per heavy atom. The summed E-state index contributed by atoms with van der Waals surface area (Å²) < 4.78 is 49.3. The van der Waals surface area contributed by atoms with Crippen molar-refractivity contribution in [3.63, 3.8) is 0 Å². The Hall–Kier alpha value is -1.05. The molecule has 0 aromatic rings. The minimum atomic E-state index is -0.505. The molecular weight excluding hydrogens is 642 g/mol. The average Bonchev–Trinajstić information content (AvgIpc) is 3.08. The molecule has 50 heavy (non-hydrogen) atoms. The van der Waals surface area contributed by atoms with Gasteiger partial charge in [0.15, 0.2) is 0 Å². The molecule has 0 fully saturated rings.